The number of hydrogen-bond donors (Lipinski definition) is 1. The minimum atomic E-state index is -1.09. The Balaban J connectivity index is 1.91. The van der Waals surface area contributed by atoms with Gasteiger partial charge in [-0.25, -0.2) is 0 Å². The highest BCUT2D eigenvalue weighted by molar-refractivity contribution is 6.04. The van der Waals surface area contributed by atoms with Gasteiger partial charge >= 0.3 is 0 Å². The molecule has 2 rings (SSSR count). The highest BCUT2D eigenvalue weighted by Gasteiger charge is 2.39. The second kappa shape index (κ2) is 8.89. The molecule has 1 N–H and O–H groups in total. The number of methoxy groups -OCH3 is 2. The number of carbonyl (C=O) groups is 2. The van der Waals surface area contributed by atoms with Crippen LogP contribution in [0.2, 0.25) is 0 Å². The molecule has 144 valence electrons. The van der Waals surface area contributed by atoms with Crippen LogP contribution in [-0.2, 0) is 14.3 Å². The van der Waals surface area contributed by atoms with Crippen molar-refractivity contribution in [1.29, 1.82) is 0 Å². The zero-order valence-corrected chi connectivity index (χ0v) is 16.1. The molecule has 1 aromatic carbocycles. The van der Waals surface area contributed by atoms with E-state index in [1.54, 1.807) is 33.0 Å². The van der Waals surface area contributed by atoms with E-state index in [0.717, 1.165) is 24.5 Å². The van der Waals surface area contributed by atoms with Crippen LogP contribution in [0.15, 0.2) is 24.3 Å². The minimum absolute atomic E-state index is 0.137. The van der Waals surface area contributed by atoms with Crippen molar-refractivity contribution >= 4 is 17.5 Å². The van der Waals surface area contributed by atoms with Crippen LogP contribution in [0, 0.1) is 5.41 Å². The third kappa shape index (κ3) is 4.66. The second-order valence-corrected chi connectivity index (χ2v) is 6.85. The highest BCUT2D eigenvalue weighted by atomic mass is 16.5. The molecular formula is C19H29N3O4. The summed E-state index contributed by atoms with van der Waals surface area (Å²) in [6.07, 6.45) is 0. The highest BCUT2D eigenvalue weighted by Crippen LogP contribution is 2.23. The van der Waals surface area contributed by atoms with Gasteiger partial charge in [0.25, 0.3) is 0 Å². The Bertz CT molecular complexity index is 608. The van der Waals surface area contributed by atoms with E-state index in [2.05, 4.69) is 10.2 Å². The van der Waals surface area contributed by atoms with Crippen LogP contribution in [0.5, 0.6) is 5.75 Å². The number of hydrogen-bond acceptors (Lipinski definition) is 5. The smallest absolute Gasteiger partial charge is 0.237 e. The van der Waals surface area contributed by atoms with Crippen LogP contribution in [0.25, 0.3) is 0 Å². The Hall–Kier alpha value is -2.28. The molecular weight excluding hydrogens is 334 g/mol. The molecule has 26 heavy (non-hydrogen) atoms. The Labute approximate surface area is 155 Å². The van der Waals surface area contributed by atoms with E-state index >= 15 is 0 Å². The van der Waals surface area contributed by atoms with Gasteiger partial charge in [-0.1, -0.05) is 0 Å². The van der Waals surface area contributed by atoms with Crippen LogP contribution < -0.4 is 15.0 Å². The zero-order valence-electron chi connectivity index (χ0n) is 16.1. The average Bonchev–Trinajstić information content (AvgIpc) is 2.67. The van der Waals surface area contributed by atoms with Gasteiger partial charge in [-0.05, 0) is 38.1 Å². The zero-order chi connectivity index (χ0) is 19.2. The Morgan fingerprint density at radius 3 is 2.23 bits per heavy atom. The van der Waals surface area contributed by atoms with Crippen molar-refractivity contribution < 1.29 is 19.1 Å². The molecule has 2 amide bonds. The minimum Gasteiger partial charge on any atom is -0.497 e. The fraction of sp³-hybridized carbons (Fsp3) is 0.579. The SMILES string of the molecule is COCCNC(=O)C(C)(C)C(=O)N1CCN(c2ccc(OC)cc2)CC1. The van der Waals surface area contributed by atoms with Gasteiger partial charge in [0, 0.05) is 45.5 Å². The number of benzene rings is 1. The van der Waals surface area contributed by atoms with E-state index in [0.29, 0.717) is 26.2 Å². The van der Waals surface area contributed by atoms with Gasteiger partial charge in [0.15, 0.2) is 0 Å². The van der Waals surface area contributed by atoms with E-state index in [1.165, 1.54) is 0 Å². The molecule has 0 atom stereocenters. The summed E-state index contributed by atoms with van der Waals surface area (Å²) >= 11 is 0. The van der Waals surface area contributed by atoms with Crippen molar-refractivity contribution in [2.24, 2.45) is 5.41 Å². The molecule has 0 aliphatic carbocycles. The first-order chi connectivity index (χ1) is 12.4. The second-order valence-electron chi connectivity index (χ2n) is 6.85. The normalized spacial score (nSPS) is 14.9. The number of nitrogens with zero attached hydrogens (tertiary/aromatic N) is 2. The summed E-state index contributed by atoms with van der Waals surface area (Å²) in [5.74, 6) is 0.419. The number of piperazine rings is 1. The van der Waals surface area contributed by atoms with Gasteiger partial charge in [0.1, 0.15) is 11.2 Å². The maximum atomic E-state index is 12.8. The van der Waals surface area contributed by atoms with Crippen LogP contribution in [0.1, 0.15) is 13.8 Å². The van der Waals surface area contributed by atoms with Gasteiger partial charge in [-0.2, -0.15) is 0 Å². The average molecular weight is 363 g/mol. The van der Waals surface area contributed by atoms with Crippen molar-refractivity contribution in [2.75, 3.05) is 58.5 Å². The fourth-order valence-corrected chi connectivity index (χ4v) is 2.94. The molecule has 1 aromatic rings. The lowest BCUT2D eigenvalue weighted by Crippen LogP contribution is -2.55. The van der Waals surface area contributed by atoms with Crippen molar-refractivity contribution in [2.45, 2.75) is 13.8 Å². The fourth-order valence-electron chi connectivity index (χ4n) is 2.94. The van der Waals surface area contributed by atoms with Crippen LogP contribution in [0.3, 0.4) is 0 Å². The maximum absolute atomic E-state index is 12.8. The number of nitrogens with one attached hydrogen (secondary N) is 1. The first kappa shape index (κ1) is 20.0. The molecule has 1 saturated heterocycles. The van der Waals surface area contributed by atoms with E-state index < -0.39 is 5.41 Å². The summed E-state index contributed by atoms with van der Waals surface area (Å²) in [6, 6.07) is 7.90. The van der Waals surface area contributed by atoms with Crippen LogP contribution >= 0.6 is 0 Å². The van der Waals surface area contributed by atoms with Gasteiger partial charge in [0.05, 0.1) is 13.7 Å². The summed E-state index contributed by atoms with van der Waals surface area (Å²) in [6.45, 7) is 6.84. The molecule has 0 bridgehead atoms. The van der Waals surface area contributed by atoms with Crippen molar-refractivity contribution in [3.8, 4) is 5.75 Å². The van der Waals surface area contributed by atoms with E-state index in [-0.39, 0.29) is 11.8 Å². The monoisotopic (exact) mass is 363 g/mol. The molecule has 1 aliphatic heterocycles. The Morgan fingerprint density at radius 1 is 1.08 bits per heavy atom. The summed E-state index contributed by atoms with van der Waals surface area (Å²) in [5.41, 5.74) is 0.0187. The molecule has 0 aromatic heterocycles. The number of rotatable bonds is 7. The lowest BCUT2D eigenvalue weighted by Gasteiger charge is -2.39. The number of anilines is 1. The summed E-state index contributed by atoms with van der Waals surface area (Å²) in [5, 5.41) is 2.76. The number of amides is 2. The van der Waals surface area contributed by atoms with Gasteiger partial charge in [-0.15, -0.1) is 0 Å². The molecule has 7 nitrogen and oxygen atoms in total. The third-order valence-electron chi connectivity index (χ3n) is 4.70. The van der Waals surface area contributed by atoms with Crippen molar-refractivity contribution in [1.82, 2.24) is 10.2 Å². The standard InChI is InChI=1S/C19H29N3O4/c1-19(2,17(23)20-9-14-25-3)18(24)22-12-10-21(11-13-22)15-5-7-16(26-4)8-6-15/h5-8H,9-14H2,1-4H3,(H,20,23). The number of carbonyl (C=O) groups excluding carboxylic acids is 2. The quantitative estimate of drug-likeness (QED) is 0.581. The lowest BCUT2D eigenvalue weighted by molar-refractivity contribution is -0.148. The molecule has 1 aliphatic rings. The first-order valence-electron chi connectivity index (χ1n) is 8.85. The van der Waals surface area contributed by atoms with Crippen molar-refractivity contribution in [3.05, 3.63) is 24.3 Å². The Morgan fingerprint density at radius 2 is 1.69 bits per heavy atom. The largest absolute Gasteiger partial charge is 0.497 e. The van der Waals surface area contributed by atoms with Crippen LogP contribution in [-0.4, -0.2) is 70.3 Å². The molecule has 1 heterocycles. The molecule has 0 saturated carbocycles. The predicted molar refractivity (Wildman–Crippen MR) is 100 cm³/mol. The number of ether oxygens (including phenoxy) is 2. The lowest BCUT2D eigenvalue weighted by atomic mass is 9.90. The topological polar surface area (TPSA) is 71.1 Å². The first-order valence-corrected chi connectivity index (χ1v) is 8.85. The predicted octanol–water partition coefficient (Wildman–Crippen LogP) is 1.13. The summed E-state index contributed by atoms with van der Waals surface area (Å²) in [4.78, 5) is 29.2. The maximum Gasteiger partial charge on any atom is 0.237 e. The molecule has 0 spiro atoms. The van der Waals surface area contributed by atoms with Gasteiger partial charge in [0.2, 0.25) is 11.8 Å². The van der Waals surface area contributed by atoms with E-state index in [9.17, 15) is 9.59 Å². The van der Waals surface area contributed by atoms with E-state index in [4.69, 9.17) is 9.47 Å². The summed E-state index contributed by atoms with van der Waals surface area (Å²) < 4.78 is 10.1. The molecule has 1 fully saturated rings. The van der Waals surface area contributed by atoms with E-state index in [1.807, 2.05) is 24.3 Å². The van der Waals surface area contributed by atoms with Gasteiger partial charge < -0.3 is 24.6 Å². The van der Waals surface area contributed by atoms with Gasteiger partial charge in [-0.3, -0.25) is 9.59 Å². The van der Waals surface area contributed by atoms with Crippen molar-refractivity contribution in [3.63, 3.8) is 0 Å². The molecule has 0 unspecified atom stereocenters. The van der Waals surface area contributed by atoms with Crippen LogP contribution in [0.4, 0.5) is 5.69 Å². The molecule has 0 radical (unpaired) electrons. The third-order valence-corrected chi connectivity index (χ3v) is 4.70. The Kier molecular flexibility index (Phi) is 6.85. The summed E-state index contributed by atoms with van der Waals surface area (Å²) in [7, 11) is 3.22. The molecule has 7 heteroatoms.